The third-order valence-corrected chi connectivity index (χ3v) is 3.77. The number of carbonyl (C=O) groups is 1. The van der Waals surface area contributed by atoms with Crippen molar-refractivity contribution in [2.75, 3.05) is 25.4 Å². The van der Waals surface area contributed by atoms with Gasteiger partial charge in [0.1, 0.15) is 5.75 Å². The number of anilines is 1. The normalized spacial score (nSPS) is 16.7. The number of benzene rings is 1. The molecule has 1 amide bonds. The fourth-order valence-electron chi connectivity index (χ4n) is 2.78. The lowest BCUT2D eigenvalue weighted by molar-refractivity contribution is -0.119. The average Bonchev–Trinajstić information content (AvgIpc) is 2.43. The van der Waals surface area contributed by atoms with Crippen LogP contribution in [0.1, 0.15) is 32.3 Å². The summed E-state index contributed by atoms with van der Waals surface area (Å²) in [4.78, 5) is 13.5. The van der Waals surface area contributed by atoms with Gasteiger partial charge in [0.05, 0.1) is 6.61 Å². The predicted octanol–water partition coefficient (Wildman–Crippen LogP) is 1.77. The Balaban J connectivity index is 1.94. The van der Waals surface area contributed by atoms with Crippen LogP contribution in [-0.2, 0) is 11.3 Å². The van der Waals surface area contributed by atoms with Crippen LogP contribution in [0.2, 0.25) is 0 Å². The van der Waals surface area contributed by atoms with Gasteiger partial charge in [-0.25, -0.2) is 0 Å². The van der Waals surface area contributed by atoms with Crippen molar-refractivity contribution in [2.45, 2.75) is 39.3 Å². The monoisotopic (exact) mass is 291 g/mol. The standard InChI is InChI=1S/C16H25N3O2/c1-3-21-16-5-4-14(17)10-13(16)11-19-8-6-15(7-9-19)18-12(2)20/h4-5,10,15H,3,6-9,11,17H2,1-2H3,(H,18,20). The Kier molecular flexibility index (Phi) is 5.44. The van der Waals surface area contributed by atoms with Crippen LogP contribution in [0.3, 0.4) is 0 Å². The molecule has 1 aliphatic heterocycles. The molecule has 1 heterocycles. The maximum absolute atomic E-state index is 11.1. The fourth-order valence-corrected chi connectivity index (χ4v) is 2.78. The topological polar surface area (TPSA) is 67.6 Å². The third-order valence-electron chi connectivity index (χ3n) is 3.77. The van der Waals surface area contributed by atoms with E-state index in [0.29, 0.717) is 12.6 Å². The molecule has 2 rings (SSSR count). The summed E-state index contributed by atoms with van der Waals surface area (Å²) in [5.41, 5.74) is 7.78. The molecule has 0 saturated carbocycles. The Morgan fingerprint density at radius 1 is 1.43 bits per heavy atom. The lowest BCUT2D eigenvalue weighted by Crippen LogP contribution is -2.43. The number of ether oxygens (including phenoxy) is 1. The number of amides is 1. The number of nitrogen functional groups attached to an aromatic ring is 1. The van der Waals surface area contributed by atoms with Gasteiger partial charge in [-0.3, -0.25) is 9.69 Å². The van der Waals surface area contributed by atoms with Crippen LogP contribution < -0.4 is 15.8 Å². The van der Waals surface area contributed by atoms with Gasteiger partial charge in [0.25, 0.3) is 0 Å². The quantitative estimate of drug-likeness (QED) is 0.811. The minimum absolute atomic E-state index is 0.0583. The second-order valence-electron chi connectivity index (χ2n) is 5.55. The van der Waals surface area contributed by atoms with Crippen molar-refractivity contribution >= 4 is 11.6 Å². The molecular weight excluding hydrogens is 266 g/mol. The van der Waals surface area contributed by atoms with Crippen molar-refractivity contribution < 1.29 is 9.53 Å². The van der Waals surface area contributed by atoms with Gasteiger partial charge in [-0.05, 0) is 38.0 Å². The summed E-state index contributed by atoms with van der Waals surface area (Å²) in [6.45, 7) is 7.01. The zero-order chi connectivity index (χ0) is 15.2. The molecule has 1 aromatic rings. The van der Waals surface area contributed by atoms with E-state index in [1.54, 1.807) is 6.92 Å². The number of hydrogen-bond acceptors (Lipinski definition) is 4. The minimum atomic E-state index is 0.0583. The first-order valence-electron chi connectivity index (χ1n) is 7.59. The summed E-state index contributed by atoms with van der Waals surface area (Å²) < 4.78 is 5.67. The summed E-state index contributed by atoms with van der Waals surface area (Å²) in [5.74, 6) is 0.971. The molecular formula is C16H25N3O2. The Labute approximate surface area is 126 Å². The molecule has 0 spiro atoms. The second-order valence-corrected chi connectivity index (χ2v) is 5.55. The van der Waals surface area contributed by atoms with E-state index in [1.807, 2.05) is 25.1 Å². The number of piperidine rings is 1. The van der Waals surface area contributed by atoms with Crippen molar-refractivity contribution in [3.8, 4) is 5.75 Å². The summed E-state index contributed by atoms with van der Waals surface area (Å²) in [7, 11) is 0. The highest BCUT2D eigenvalue weighted by Crippen LogP contribution is 2.24. The van der Waals surface area contributed by atoms with Crippen LogP contribution in [-0.4, -0.2) is 36.5 Å². The molecule has 1 fully saturated rings. The summed E-state index contributed by atoms with van der Waals surface area (Å²) in [6.07, 6.45) is 1.98. The molecule has 1 aromatic carbocycles. The van der Waals surface area contributed by atoms with Crippen molar-refractivity contribution in [3.63, 3.8) is 0 Å². The van der Waals surface area contributed by atoms with E-state index in [0.717, 1.165) is 49.5 Å². The van der Waals surface area contributed by atoms with E-state index in [9.17, 15) is 4.79 Å². The van der Waals surface area contributed by atoms with Crippen LogP contribution in [0.4, 0.5) is 5.69 Å². The van der Waals surface area contributed by atoms with Crippen LogP contribution >= 0.6 is 0 Å². The molecule has 0 bridgehead atoms. The number of carbonyl (C=O) groups excluding carboxylic acids is 1. The van der Waals surface area contributed by atoms with Gasteiger partial charge >= 0.3 is 0 Å². The van der Waals surface area contributed by atoms with Gasteiger partial charge < -0.3 is 15.8 Å². The van der Waals surface area contributed by atoms with Gasteiger partial charge in [-0.2, -0.15) is 0 Å². The lowest BCUT2D eigenvalue weighted by atomic mass is 10.0. The average molecular weight is 291 g/mol. The molecule has 0 aliphatic carbocycles. The van der Waals surface area contributed by atoms with Gasteiger partial charge in [0.2, 0.25) is 5.91 Å². The number of hydrogen-bond donors (Lipinski definition) is 2. The molecule has 21 heavy (non-hydrogen) atoms. The Bertz CT molecular complexity index is 482. The highest BCUT2D eigenvalue weighted by molar-refractivity contribution is 5.73. The molecule has 5 nitrogen and oxygen atoms in total. The first-order chi connectivity index (χ1) is 10.1. The molecule has 116 valence electrons. The van der Waals surface area contributed by atoms with Crippen molar-refractivity contribution in [3.05, 3.63) is 23.8 Å². The molecule has 0 aromatic heterocycles. The molecule has 1 saturated heterocycles. The zero-order valence-electron chi connectivity index (χ0n) is 12.9. The first-order valence-corrected chi connectivity index (χ1v) is 7.59. The highest BCUT2D eigenvalue weighted by atomic mass is 16.5. The molecule has 0 atom stereocenters. The van der Waals surface area contributed by atoms with Gasteiger partial charge in [0.15, 0.2) is 0 Å². The molecule has 3 N–H and O–H groups in total. The lowest BCUT2D eigenvalue weighted by Gasteiger charge is -2.32. The van der Waals surface area contributed by atoms with Crippen molar-refractivity contribution in [2.24, 2.45) is 0 Å². The molecule has 5 heteroatoms. The summed E-state index contributed by atoms with van der Waals surface area (Å²) in [5, 5.41) is 3.00. The number of nitrogens with zero attached hydrogens (tertiary/aromatic N) is 1. The molecule has 0 unspecified atom stereocenters. The van der Waals surface area contributed by atoms with E-state index in [4.69, 9.17) is 10.5 Å². The maximum Gasteiger partial charge on any atom is 0.217 e. The van der Waals surface area contributed by atoms with Crippen LogP contribution in [0.25, 0.3) is 0 Å². The fraction of sp³-hybridized carbons (Fsp3) is 0.562. The number of rotatable bonds is 5. The van der Waals surface area contributed by atoms with Crippen LogP contribution in [0.15, 0.2) is 18.2 Å². The van der Waals surface area contributed by atoms with Crippen molar-refractivity contribution in [1.82, 2.24) is 10.2 Å². The Morgan fingerprint density at radius 2 is 2.14 bits per heavy atom. The van der Waals surface area contributed by atoms with E-state index in [1.165, 1.54) is 0 Å². The van der Waals surface area contributed by atoms with E-state index < -0.39 is 0 Å². The predicted molar refractivity (Wildman–Crippen MR) is 84.1 cm³/mol. The molecule has 1 aliphatic rings. The summed E-state index contributed by atoms with van der Waals surface area (Å²) in [6, 6.07) is 6.12. The largest absolute Gasteiger partial charge is 0.494 e. The maximum atomic E-state index is 11.1. The van der Waals surface area contributed by atoms with Gasteiger partial charge in [0, 0.05) is 43.9 Å². The van der Waals surface area contributed by atoms with E-state index in [2.05, 4.69) is 10.2 Å². The van der Waals surface area contributed by atoms with Crippen molar-refractivity contribution in [1.29, 1.82) is 0 Å². The number of nitrogens with one attached hydrogen (secondary N) is 1. The first kappa shape index (κ1) is 15.6. The highest BCUT2D eigenvalue weighted by Gasteiger charge is 2.20. The van der Waals surface area contributed by atoms with Crippen LogP contribution in [0, 0.1) is 0 Å². The smallest absolute Gasteiger partial charge is 0.217 e. The number of nitrogens with two attached hydrogens (primary N) is 1. The molecule has 0 radical (unpaired) electrons. The van der Waals surface area contributed by atoms with Crippen LogP contribution in [0.5, 0.6) is 5.75 Å². The Hall–Kier alpha value is -1.75. The van der Waals surface area contributed by atoms with Gasteiger partial charge in [-0.1, -0.05) is 0 Å². The minimum Gasteiger partial charge on any atom is -0.494 e. The van der Waals surface area contributed by atoms with Gasteiger partial charge in [-0.15, -0.1) is 0 Å². The van der Waals surface area contributed by atoms with E-state index in [-0.39, 0.29) is 5.91 Å². The van der Waals surface area contributed by atoms with E-state index >= 15 is 0 Å². The second kappa shape index (κ2) is 7.31. The number of likely N-dealkylation sites (tertiary alicyclic amines) is 1. The summed E-state index contributed by atoms with van der Waals surface area (Å²) >= 11 is 0. The Morgan fingerprint density at radius 3 is 2.76 bits per heavy atom. The third kappa shape index (κ3) is 4.63. The zero-order valence-corrected chi connectivity index (χ0v) is 12.9. The SMILES string of the molecule is CCOc1ccc(N)cc1CN1CCC(NC(C)=O)CC1.